The van der Waals surface area contributed by atoms with Crippen LogP contribution in [0.3, 0.4) is 0 Å². The molecular formula is C9H12BrNO2. The van der Waals surface area contributed by atoms with Gasteiger partial charge >= 0.3 is 0 Å². The summed E-state index contributed by atoms with van der Waals surface area (Å²) in [5.74, 6) is 0.108. The largest absolute Gasteiger partial charge is 0.508 e. The first-order valence-electron chi connectivity index (χ1n) is 3.94. The smallest absolute Gasteiger partial charge is 0.120 e. The van der Waals surface area contributed by atoms with E-state index in [1.807, 2.05) is 0 Å². The van der Waals surface area contributed by atoms with Crippen LogP contribution in [0.4, 0.5) is 0 Å². The van der Waals surface area contributed by atoms with E-state index in [4.69, 9.17) is 5.73 Å². The second kappa shape index (κ2) is 4.09. The van der Waals surface area contributed by atoms with Crippen LogP contribution < -0.4 is 5.73 Å². The van der Waals surface area contributed by atoms with Gasteiger partial charge in [0.2, 0.25) is 0 Å². The number of hydrogen-bond acceptors (Lipinski definition) is 3. The standard InChI is InChI=1S/C9H12BrNO2/c1-5(12)9(11)7-4-6(10)2-3-8(7)13/h2-5,9,12-13H,11H2,1H3/t5-,9-/m0/s1. The Hall–Kier alpha value is -0.580. The fourth-order valence-corrected chi connectivity index (χ4v) is 1.43. The number of benzene rings is 1. The first kappa shape index (κ1) is 10.5. The summed E-state index contributed by atoms with van der Waals surface area (Å²) in [6, 6.07) is 4.40. The molecular weight excluding hydrogens is 234 g/mol. The zero-order chi connectivity index (χ0) is 10.0. The van der Waals surface area contributed by atoms with Crippen LogP contribution in [0, 0.1) is 0 Å². The second-order valence-electron chi connectivity index (χ2n) is 2.97. The van der Waals surface area contributed by atoms with Gasteiger partial charge in [0.15, 0.2) is 0 Å². The number of aromatic hydroxyl groups is 1. The first-order valence-corrected chi connectivity index (χ1v) is 4.73. The van der Waals surface area contributed by atoms with Crippen LogP contribution in [0.25, 0.3) is 0 Å². The van der Waals surface area contributed by atoms with Crippen LogP contribution >= 0.6 is 15.9 Å². The van der Waals surface area contributed by atoms with Gasteiger partial charge in [-0.2, -0.15) is 0 Å². The molecule has 0 spiro atoms. The Bertz CT molecular complexity index is 302. The normalized spacial score (nSPS) is 15.4. The Balaban J connectivity index is 3.05. The monoisotopic (exact) mass is 245 g/mol. The van der Waals surface area contributed by atoms with Gasteiger partial charge in [-0.05, 0) is 25.1 Å². The number of nitrogens with two attached hydrogens (primary N) is 1. The lowest BCUT2D eigenvalue weighted by atomic mass is 10.0. The lowest BCUT2D eigenvalue weighted by Gasteiger charge is -2.16. The van der Waals surface area contributed by atoms with Gasteiger partial charge in [-0.3, -0.25) is 0 Å². The van der Waals surface area contributed by atoms with E-state index in [1.165, 1.54) is 0 Å². The highest BCUT2D eigenvalue weighted by Crippen LogP contribution is 2.27. The minimum Gasteiger partial charge on any atom is -0.508 e. The number of phenolic OH excluding ortho intramolecular Hbond substituents is 1. The van der Waals surface area contributed by atoms with Crippen molar-refractivity contribution in [3.63, 3.8) is 0 Å². The Morgan fingerprint density at radius 1 is 1.46 bits per heavy atom. The van der Waals surface area contributed by atoms with Gasteiger partial charge < -0.3 is 15.9 Å². The molecule has 4 N–H and O–H groups in total. The predicted molar refractivity (Wildman–Crippen MR) is 54.4 cm³/mol. The summed E-state index contributed by atoms with van der Waals surface area (Å²) in [7, 11) is 0. The summed E-state index contributed by atoms with van der Waals surface area (Å²) in [5.41, 5.74) is 6.22. The highest BCUT2D eigenvalue weighted by Gasteiger charge is 2.15. The average molecular weight is 246 g/mol. The van der Waals surface area contributed by atoms with Crippen LogP contribution in [0.2, 0.25) is 0 Å². The van der Waals surface area contributed by atoms with Crippen molar-refractivity contribution < 1.29 is 10.2 Å². The fourth-order valence-electron chi connectivity index (χ4n) is 1.05. The van der Waals surface area contributed by atoms with Gasteiger partial charge in [0, 0.05) is 10.0 Å². The molecule has 0 fully saturated rings. The fraction of sp³-hybridized carbons (Fsp3) is 0.333. The minimum absolute atomic E-state index is 0.108. The van der Waals surface area contributed by atoms with Gasteiger partial charge in [-0.15, -0.1) is 0 Å². The quantitative estimate of drug-likeness (QED) is 0.741. The summed E-state index contributed by atoms with van der Waals surface area (Å²) >= 11 is 3.27. The maximum atomic E-state index is 9.44. The minimum atomic E-state index is -0.680. The van der Waals surface area contributed by atoms with Crippen molar-refractivity contribution in [2.75, 3.05) is 0 Å². The molecule has 0 aromatic heterocycles. The van der Waals surface area contributed by atoms with Crippen LogP contribution in [0.15, 0.2) is 22.7 Å². The maximum Gasteiger partial charge on any atom is 0.120 e. The zero-order valence-electron chi connectivity index (χ0n) is 7.24. The van der Waals surface area contributed by atoms with Gasteiger partial charge in [-0.25, -0.2) is 0 Å². The van der Waals surface area contributed by atoms with Crippen molar-refractivity contribution in [1.29, 1.82) is 0 Å². The first-order chi connectivity index (χ1) is 6.02. The van der Waals surface area contributed by atoms with Gasteiger partial charge in [0.05, 0.1) is 12.1 Å². The van der Waals surface area contributed by atoms with E-state index < -0.39 is 12.1 Å². The van der Waals surface area contributed by atoms with E-state index in [1.54, 1.807) is 25.1 Å². The van der Waals surface area contributed by atoms with Crippen LogP contribution in [-0.2, 0) is 0 Å². The molecule has 0 heterocycles. The summed E-state index contributed by atoms with van der Waals surface area (Å²) in [4.78, 5) is 0. The van der Waals surface area contributed by atoms with E-state index in [2.05, 4.69) is 15.9 Å². The van der Waals surface area contributed by atoms with Crippen molar-refractivity contribution in [3.05, 3.63) is 28.2 Å². The van der Waals surface area contributed by atoms with Crippen molar-refractivity contribution in [3.8, 4) is 5.75 Å². The number of aliphatic hydroxyl groups excluding tert-OH is 1. The number of aliphatic hydroxyl groups is 1. The molecule has 1 rings (SSSR count). The lowest BCUT2D eigenvalue weighted by Crippen LogP contribution is -2.23. The third kappa shape index (κ3) is 2.43. The number of rotatable bonds is 2. The van der Waals surface area contributed by atoms with E-state index in [-0.39, 0.29) is 5.75 Å². The molecule has 0 amide bonds. The molecule has 0 aliphatic heterocycles. The van der Waals surface area contributed by atoms with Crippen molar-refractivity contribution >= 4 is 15.9 Å². The Labute approximate surface area is 85.3 Å². The zero-order valence-corrected chi connectivity index (χ0v) is 8.82. The Morgan fingerprint density at radius 3 is 2.62 bits per heavy atom. The van der Waals surface area contributed by atoms with E-state index in [0.29, 0.717) is 5.56 Å². The highest BCUT2D eigenvalue weighted by molar-refractivity contribution is 9.10. The molecule has 0 bridgehead atoms. The molecule has 72 valence electrons. The van der Waals surface area contributed by atoms with Crippen molar-refractivity contribution in [2.24, 2.45) is 5.73 Å². The van der Waals surface area contributed by atoms with E-state index in [9.17, 15) is 10.2 Å². The molecule has 3 nitrogen and oxygen atoms in total. The van der Waals surface area contributed by atoms with E-state index in [0.717, 1.165) is 4.47 Å². The van der Waals surface area contributed by atoms with Crippen molar-refractivity contribution in [2.45, 2.75) is 19.1 Å². The predicted octanol–water partition coefficient (Wildman–Crippen LogP) is 1.54. The van der Waals surface area contributed by atoms with Crippen molar-refractivity contribution in [1.82, 2.24) is 0 Å². The summed E-state index contributed by atoms with van der Waals surface area (Å²) in [5, 5.41) is 18.7. The molecule has 0 radical (unpaired) electrons. The second-order valence-corrected chi connectivity index (χ2v) is 3.89. The number of halogens is 1. The third-order valence-electron chi connectivity index (χ3n) is 1.87. The van der Waals surface area contributed by atoms with Crippen LogP contribution in [-0.4, -0.2) is 16.3 Å². The Kier molecular flexibility index (Phi) is 3.30. The highest BCUT2D eigenvalue weighted by atomic mass is 79.9. The lowest BCUT2D eigenvalue weighted by molar-refractivity contribution is 0.163. The molecule has 0 unspecified atom stereocenters. The maximum absolute atomic E-state index is 9.44. The summed E-state index contributed by atoms with van der Waals surface area (Å²) < 4.78 is 0.830. The molecule has 0 aliphatic rings. The molecule has 2 atom stereocenters. The van der Waals surface area contributed by atoms with Gasteiger partial charge in [0.25, 0.3) is 0 Å². The topological polar surface area (TPSA) is 66.5 Å². The van der Waals surface area contributed by atoms with E-state index >= 15 is 0 Å². The molecule has 1 aromatic rings. The Morgan fingerprint density at radius 2 is 2.08 bits per heavy atom. The molecule has 0 saturated carbocycles. The number of phenols is 1. The molecule has 0 aliphatic carbocycles. The van der Waals surface area contributed by atoms with Gasteiger partial charge in [-0.1, -0.05) is 15.9 Å². The average Bonchev–Trinajstić information content (AvgIpc) is 2.08. The summed E-state index contributed by atoms with van der Waals surface area (Å²) in [6.45, 7) is 1.59. The molecule has 0 saturated heterocycles. The molecule has 4 heteroatoms. The molecule has 1 aromatic carbocycles. The number of hydrogen-bond donors (Lipinski definition) is 3. The van der Waals surface area contributed by atoms with Crippen LogP contribution in [0.1, 0.15) is 18.5 Å². The molecule has 13 heavy (non-hydrogen) atoms. The third-order valence-corrected chi connectivity index (χ3v) is 2.36. The van der Waals surface area contributed by atoms with Crippen LogP contribution in [0.5, 0.6) is 5.75 Å². The van der Waals surface area contributed by atoms with Gasteiger partial charge in [0.1, 0.15) is 5.75 Å². The SMILES string of the molecule is C[C@H](O)[C@H](N)c1cc(Br)ccc1O. The summed E-state index contributed by atoms with van der Waals surface area (Å²) in [6.07, 6.45) is -0.680.